The minimum Gasteiger partial charge on any atom is -0.507 e. The van der Waals surface area contributed by atoms with E-state index in [1.165, 1.54) is 76.5 Å². The zero-order valence-corrected chi connectivity index (χ0v) is 20.7. The van der Waals surface area contributed by atoms with E-state index < -0.39 is 5.63 Å². The predicted octanol–water partition coefficient (Wildman–Crippen LogP) is 7.26. The van der Waals surface area contributed by atoms with Gasteiger partial charge in [-0.3, -0.25) is 4.99 Å². The number of esters is 1. The summed E-state index contributed by atoms with van der Waals surface area (Å²) in [6.07, 6.45) is 16.5. The molecular formula is C28H39NO5. The molecule has 6 heteroatoms. The van der Waals surface area contributed by atoms with Crippen molar-refractivity contribution in [3.63, 3.8) is 0 Å². The summed E-state index contributed by atoms with van der Waals surface area (Å²) >= 11 is 0. The summed E-state index contributed by atoms with van der Waals surface area (Å²) in [5.41, 5.74) is 0.322. The van der Waals surface area contributed by atoms with Gasteiger partial charge in [0.2, 0.25) is 0 Å². The number of aliphatic imine (C=N–C) groups is 1. The van der Waals surface area contributed by atoms with Crippen LogP contribution in [0, 0.1) is 6.92 Å². The Balaban J connectivity index is 1.60. The molecule has 0 radical (unpaired) electrons. The van der Waals surface area contributed by atoms with Crippen LogP contribution in [0.25, 0.3) is 0 Å². The summed E-state index contributed by atoms with van der Waals surface area (Å²) < 4.78 is 10.3. The maximum atomic E-state index is 12.2. The lowest BCUT2D eigenvalue weighted by molar-refractivity contribution is 0.0497. The number of hydrogen-bond donors (Lipinski definition) is 1. The van der Waals surface area contributed by atoms with Crippen LogP contribution in [0.2, 0.25) is 0 Å². The van der Waals surface area contributed by atoms with Crippen molar-refractivity contribution in [1.29, 1.82) is 0 Å². The number of aryl methyl sites for hydroxylation is 1. The van der Waals surface area contributed by atoms with Crippen molar-refractivity contribution in [2.45, 2.75) is 90.9 Å². The van der Waals surface area contributed by atoms with Crippen LogP contribution in [0.4, 0.5) is 5.69 Å². The monoisotopic (exact) mass is 469 g/mol. The van der Waals surface area contributed by atoms with E-state index in [2.05, 4.69) is 11.9 Å². The molecule has 1 aromatic carbocycles. The Morgan fingerprint density at radius 2 is 1.50 bits per heavy atom. The molecule has 0 atom stereocenters. The third-order valence-corrected chi connectivity index (χ3v) is 5.77. The third kappa shape index (κ3) is 10.4. The number of unbranched alkanes of at least 4 members (excludes halogenated alkanes) is 11. The van der Waals surface area contributed by atoms with E-state index in [0.29, 0.717) is 23.6 Å². The zero-order valence-electron chi connectivity index (χ0n) is 20.7. The number of nitrogens with zero attached hydrogens (tertiary/aromatic N) is 1. The first-order chi connectivity index (χ1) is 16.5. The maximum Gasteiger partial charge on any atom is 0.348 e. The molecular weight excluding hydrogens is 430 g/mol. The number of benzene rings is 1. The van der Waals surface area contributed by atoms with Crippen LogP contribution in [0.5, 0.6) is 5.75 Å². The summed E-state index contributed by atoms with van der Waals surface area (Å²) in [6, 6.07) is 7.94. The first-order valence-corrected chi connectivity index (χ1v) is 12.7. The summed E-state index contributed by atoms with van der Waals surface area (Å²) in [7, 11) is 0. The molecule has 1 N–H and O–H groups in total. The molecule has 2 rings (SSSR count). The van der Waals surface area contributed by atoms with Crippen molar-refractivity contribution in [1.82, 2.24) is 0 Å². The van der Waals surface area contributed by atoms with E-state index >= 15 is 0 Å². The maximum absolute atomic E-state index is 12.2. The third-order valence-electron chi connectivity index (χ3n) is 5.77. The Bertz CT molecular complexity index is 946. The second kappa shape index (κ2) is 15.9. The van der Waals surface area contributed by atoms with Gasteiger partial charge < -0.3 is 14.3 Å². The van der Waals surface area contributed by atoms with Crippen LogP contribution in [0.3, 0.4) is 0 Å². The normalized spacial score (nSPS) is 11.2. The van der Waals surface area contributed by atoms with Gasteiger partial charge >= 0.3 is 11.6 Å². The highest BCUT2D eigenvalue weighted by atomic mass is 16.5. The van der Waals surface area contributed by atoms with Crippen molar-refractivity contribution in [2.75, 3.05) is 6.61 Å². The second-order valence-electron chi connectivity index (χ2n) is 8.77. The SMILES string of the molecule is CCCCCCCCCCCCCCOC(=O)c1ccc(N=Cc2c(O)cc(C)oc2=O)cc1. The molecule has 1 heterocycles. The molecule has 0 amide bonds. The molecule has 34 heavy (non-hydrogen) atoms. The Kier molecular flexibility index (Phi) is 12.8. The van der Waals surface area contributed by atoms with Crippen molar-refractivity contribution >= 4 is 17.9 Å². The van der Waals surface area contributed by atoms with Gasteiger partial charge in [-0.1, -0.05) is 77.6 Å². The van der Waals surface area contributed by atoms with Crippen LogP contribution in [-0.4, -0.2) is 23.9 Å². The van der Waals surface area contributed by atoms with E-state index in [4.69, 9.17) is 9.15 Å². The summed E-state index contributed by atoms with van der Waals surface area (Å²) in [6.45, 7) is 4.26. The number of hydrogen-bond acceptors (Lipinski definition) is 6. The van der Waals surface area contributed by atoms with Crippen molar-refractivity contribution < 1.29 is 19.1 Å². The minimum absolute atomic E-state index is 0.0171. The van der Waals surface area contributed by atoms with Crippen LogP contribution < -0.4 is 5.63 Å². The molecule has 0 aliphatic heterocycles. The first-order valence-electron chi connectivity index (χ1n) is 12.7. The molecule has 0 saturated carbocycles. The number of aromatic hydroxyl groups is 1. The molecule has 0 unspecified atom stereocenters. The van der Waals surface area contributed by atoms with Gasteiger partial charge in [0.1, 0.15) is 17.1 Å². The first kappa shape index (κ1) is 27.4. The molecule has 2 aromatic rings. The molecule has 186 valence electrons. The van der Waals surface area contributed by atoms with E-state index in [9.17, 15) is 14.7 Å². The fourth-order valence-corrected chi connectivity index (χ4v) is 3.74. The zero-order chi connectivity index (χ0) is 24.6. The van der Waals surface area contributed by atoms with E-state index in [1.807, 2.05) is 0 Å². The van der Waals surface area contributed by atoms with Crippen LogP contribution in [-0.2, 0) is 4.74 Å². The Morgan fingerprint density at radius 3 is 2.06 bits per heavy atom. The van der Waals surface area contributed by atoms with E-state index in [-0.39, 0.29) is 17.3 Å². The summed E-state index contributed by atoms with van der Waals surface area (Å²) in [5.74, 6) is -0.211. The number of rotatable bonds is 16. The van der Waals surface area contributed by atoms with Crippen LogP contribution >= 0.6 is 0 Å². The van der Waals surface area contributed by atoms with Gasteiger partial charge in [0.15, 0.2) is 0 Å². The van der Waals surface area contributed by atoms with Crippen molar-refractivity contribution in [3.05, 3.63) is 57.6 Å². The van der Waals surface area contributed by atoms with Crippen molar-refractivity contribution in [2.24, 2.45) is 4.99 Å². The Morgan fingerprint density at radius 1 is 0.941 bits per heavy atom. The number of ether oxygens (including phenoxy) is 1. The molecule has 1 aromatic heterocycles. The Labute approximate surface area is 203 Å². The molecule has 0 aliphatic rings. The van der Waals surface area contributed by atoms with Gasteiger partial charge in [-0.25, -0.2) is 9.59 Å². The van der Waals surface area contributed by atoms with Gasteiger partial charge in [-0.2, -0.15) is 0 Å². The number of carbonyl (C=O) groups excluding carboxylic acids is 1. The van der Waals surface area contributed by atoms with Gasteiger partial charge in [0.25, 0.3) is 0 Å². The molecule has 0 bridgehead atoms. The fraction of sp³-hybridized carbons (Fsp3) is 0.536. The second-order valence-corrected chi connectivity index (χ2v) is 8.77. The highest BCUT2D eigenvalue weighted by Crippen LogP contribution is 2.17. The van der Waals surface area contributed by atoms with Gasteiger partial charge in [0, 0.05) is 12.3 Å². The average molecular weight is 470 g/mol. The minimum atomic E-state index is -0.653. The predicted molar refractivity (Wildman–Crippen MR) is 136 cm³/mol. The highest BCUT2D eigenvalue weighted by molar-refractivity contribution is 5.90. The van der Waals surface area contributed by atoms with Crippen molar-refractivity contribution in [3.8, 4) is 5.75 Å². The molecule has 0 spiro atoms. The van der Waals surface area contributed by atoms with Crippen LogP contribution in [0.15, 0.2) is 44.5 Å². The fourth-order valence-electron chi connectivity index (χ4n) is 3.74. The largest absolute Gasteiger partial charge is 0.507 e. The molecule has 0 aliphatic carbocycles. The standard InChI is InChI=1S/C28H39NO5/c1-3-4-5-6-7-8-9-10-11-12-13-14-19-33-27(31)23-15-17-24(18-16-23)29-21-25-26(30)20-22(2)34-28(25)32/h15-18,20-21,30H,3-14,19H2,1-2H3. The smallest absolute Gasteiger partial charge is 0.348 e. The molecule has 0 fully saturated rings. The lowest BCUT2D eigenvalue weighted by Crippen LogP contribution is -2.07. The molecule has 0 saturated heterocycles. The van der Waals surface area contributed by atoms with E-state index in [0.717, 1.165) is 12.8 Å². The van der Waals surface area contributed by atoms with Gasteiger partial charge in [0.05, 0.1) is 17.9 Å². The van der Waals surface area contributed by atoms with E-state index in [1.54, 1.807) is 31.2 Å². The average Bonchev–Trinajstić information content (AvgIpc) is 2.81. The summed E-state index contributed by atoms with van der Waals surface area (Å²) in [5, 5.41) is 9.87. The van der Waals surface area contributed by atoms with Crippen LogP contribution in [0.1, 0.15) is 106 Å². The molecule has 6 nitrogen and oxygen atoms in total. The Hall–Kier alpha value is -2.89. The quantitative estimate of drug-likeness (QED) is 0.159. The van der Waals surface area contributed by atoms with Gasteiger partial charge in [-0.05, 0) is 37.6 Å². The summed E-state index contributed by atoms with van der Waals surface area (Å²) in [4.78, 5) is 28.2. The lowest BCUT2D eigenvalue weighted by Gasteiger charge is -2.06. The highest BCUT2D eigenvalue weighted by Gasteiger charge is 2.08. The topological polar surface area (TPSA) is 89.1 Å². The van der Waals surface area contributed by atoms with Gasteiger partial charge in [-0.15, -0.1) is 0 Å². The number of carbonyl (C=O) groups is 1. The lowest BCUT2D eigenvalue weighted by atomic mass is 10.1.